The van der Waals surface area contributed by atoms with Crippen molar-refractivity contribution in [1.29, 1.82) is 0 Å². The van der Waals surface area contributed by atoms with Gasteiger partial charge < -0.3 is 5.32 Å². The van der Waals surface area contributed by atoms with Crippen molar-refractivity contribution in [3.8, 4) is 0 Å². The van der Waals surface area contributed by atoms with Gasteiger partial charge in [0.2, 0.25) is 0 Å². The number of rotatable bonds is 4. The van der Waals surface area contributed by atoms with Crippen molar-refractivity contribution in [2.45, 2.75) is 45.2 Å². The Kier molecular flexibility index (Phi) is 3.47. The van der Waals surface area contributed by atoms with Crippen LogP contribution in [0.1, 0.15) is 37.5 Å². The number of fused-ring (bicyclic) bond motifs is 2. The molecule has 1 aromatic rings. The van der Waals surface area contributed by atoms with Gasteiger partial charge in [-0.05, 0) is 55.4 Å². The molecule has 0 aromatic carbocycles. The van der Waals surface area contributed by atoms with Gasteiger partial charge in [-0.15, -0.1) is 11.3 Å². The number of hydrogen-bond acceptors (Lipinski definition) is 2. The highest BCUT2D eigenvalue weighted by atomic mass is 35.5. The van der Waals surface area contributed by atoms with Crippen molar-refractivity contribution in [2.24, 2.45) is 17.8 Å². The summed E-state index contributed by atoms with van der Waals surface area (Å²) in [5, 5.41) is 6.67. The molecule has 0 aliphatic heterocycles. The predicted octanol–water partition coefficient (Wildman–Crippen LogP) is 4.32. The molecule has 4 unspecified atom stereocenters. The van der Waals surface area contributed by atoms with Crippen LogP contribution >= 0.6 is 22.9 Å². The molecule has 0 spiro atoms. The summed E-state index contributed by atoms with van der Waals surface area (Å²) in [6.07, 6.45) is 5.92. The SMILES string of the molecule is CC(NCc1sccc1Cl)C1CC2CCC1C2. The lowest BCUT2D eigenvalue weighted by Gasteiger charge is -2.28. The molecule has 2 aliphatic carbocycles. The zero-order valence-corrected chi connectivity index (χ0v) is 11.9. The van der Waals surface area contributed by atoms with E-state index in [-0.39, 0.29) is 0 Å². The second kappa shape index (κ2) is 4.91. The molecule has 1 N–H and O–H groups in total. The third-order valence-corrected chi connectivity index (χ3v) is 6.10. The van der Waals surface area contributed by atoms with Crippen LogP contribution in [-0.2, 0) is 6.54 Å². The van der Waals surface area contributed by atoms with E-state index in [0.717, 1.165) is 29.3 Å². The van der Waals surface area contributed by atoms with Gasteiger partial charge in [0.1, 0.15) is 0 Å². The maximum absolute atomic E-state index is 6.12. The third kappa shape index (κ3) is 2.40. The Morgan fingerprint density at radius 1 is 1.47 bits per heavy atom. The molecule has 3 rings (SSSR count). The van der Waals surface area contributed by atoms with Crippen molar-refractivity contribution < 1.29 is 0 Å². The second-order valence-electron chi connectivity index (χ2n) is 5.70. The smallest absolute Gasteiger partial charge is 0.0558 e. The van der Waals surface area contributed by atoms with Crippen LogP contribution in [-0.4, -0.2) is 6.04 Å². The van der Waals surface area contributed by atoms with Crippen LogP contribution in [0.4, 0.5) is 0 Å². The van der Waals surface area contributed by atoms with E-state index in [9.17, 15) is 0 Å². The fraction of sp³-hybridized carbons (Fsp3) is 0.714. The van der Waals surface area contributed by atoms with Crippen LogP contribution in [0.2, 0.25) is 5.02 Å². The Morgan fingerprint density at radius 3 is 2.94 bits per heavy atom. The zero-order chi connectivity index (χ0) is 11.8. The van der Waals surface area contributed by atoms with Gasteiger partial charge in [-0.25, -0.2) is 0 Å². The lowest BCUT2D eigenvalue weighted by Crippen LogP contribution is -2.35. The first-order chi connectivity index (χ1) is 8.24. The first-order valence-corrected chi connectivity index (χ1v) is 7.95. The molecule has 0 radical (unpaired) electrons. The fourth-order valence-electron chi connectivity index (χ4n) is 3.76. The maximum atomic E-state index is 6.12. The highest BCUT2D eigenvalue weighted by Gasteiger charge is 2.41. The van der Waals surface area contributed by atoms with E-state index in [1.165, 1.54) is 30.6 Å². The molecule has 1 nitrogen and oxygen atoms in total. The summed E-state index contributed by atoms with van der Waals surface area (Å²) in [6.45, 7) is 3.29. The van der Waals surface area contributed by atoms with Gasteiger partial charge in [-0.3, -0.25) is 0 Å². The summed E-state index contributed by atoms with van der Waals surface area (Å²) in [6, 6.07) is 2.63. The third-order valence-electron chi connectivity index (χ3n) is 4.71. The van der Waals surface area contributed by atoms with Crippen LogP contribution < -0.4 is 5.32 Å². The quantitative estimate of drug-likeness (QED) is 0.859. The molecular weight excluding hydrogens is 250 g/mol. The molecule has 2 bridgehead atoms. The van der Waals surface area contributed by atoms with Gasteiger partial charge in [0, 0.05) is 17.5 Å². The molecule has 3 heteroatoms. The normalized spacial score (nSPS) is 33.2. The van der Waals surface area contributed by atoms with Gasteiger partial charge in [0.05, 0.1) is 5.02 Å². The van der Waals surface area contributed by atoms with Gasteiger partial charge in [-0.2, -0.15) is 0 Å². The molecular formula is C14H20ClNS. The topological polar surface area (TPSA) is 12.0 Å². The maximum Gasteiger partial charge on any atom is 0.0558 e. The Balaban J connectivity index is 1.54. The van der Waals surface area contributed by atoms with Gasteiger partial charge in [0.15, 0.2) is 0 Å². The highest BCUT2D eigenvalue weighted by molar-refractivity contribution is 7.10. The first-order valence-electron chi connectivity index (χ1n) is 6.69. The number of halogens is 1. The summed E-state index contributed by atoms with van der Waals surface area (Å²) in [5.41, 5.74) is 0. The monoisotopic (exact) mass is 269 g/mol. The average Bonchev–Trinajstić information content (AvgIpc) is 3.01. The van der Waals surface area contributed by atoms with E-state index >= 15 is 0 Å². The van der Waals surface area contributed by atoms with Gasteiger partial charge >= 0.3 is 0 Å². The summed E-state index contributed by atoms with van der Waals surface area (Å²) >= 11 is 7.87. The largest absolute Gasteiger partial charge is 0.309 e. The lowest BCUT2D eigenvalue weighted by molar-refractivity contribution is 0.260. The average molecular weight is 270 g/mol. The zero-order valence-electron chi connectivity index (χ0n) is 10.3. The first kappa shape index (κ1) is 12.0. The Bertz CT molecular complexity index is 389. The van der Waals surface area contributed by atoms with Crippen molar-refractivity contribution in [3.63, 3.8) is 0 Å². The van der Waals surface area contributed by atoms with E-state index in [2.05, 4.69) is 17.6 Å². The van der Waals surface area contributed by atoms with Crippen molar-refractivity contribution in [2.75, 3.05) is 0 Å². The molecule has 0 amide bonds. The minimum atomic E-state index is 0.642. The molecule has 17 heavy (non-hydrogen) atoms. The molecule has 2 aliphatic rings. The number of hydrogen-bond donors (Lipinski definition) is 1. The Labute approximate surface area is 113 Å². The number of thiophene rings is 1. The molecule has 2 fully saturated rings. The molecule has 4 atom stereocenters. The fourth-order valence-corrected chi connectivity index (χ4v) is 4.82. The summed E-state index contributed by atoms with van der Waals surface area (Å²) in [4.78, 5) is 1.28. The standard InChI is InChI=1S/C14H20ClNS/c1-9(12-7-10-2-3-11(12)6-10)16-8-14-13(15)4-5-17-14/h4-5,9-12,16H,2-3,6-8H2,1H3. The Morgan fingerprint density at radius 2 is 2.35 bits per heavy atom. The summed E-state index contributed by atoms with van der Waals surface area (Å²) < 4.78 is 0. The van der Waals surface area contributed by atoms with Gasteiger partial charge in [-0.1, -0.05) is 18.0 Å². The van der Waals surface area contributed by atoms with E-state index in [1.54, 1.807) is 11.3 Å². The molecule has 1 heterocycles. The molecule has 1 aromatic heterocycles. The molecule has 94 valence electrons. The van der Waals surface area contributed by atoms with Crippen LogP contribution in [0, 0.1) is 17.8 Å². The van der Waals surface area contributed by atoms with Crippen LogP contribution in [0.15, 0.2) is 11.4 Å². The van der Waals surface area contributed by atoms with Gasteiger partial charge in [0.25, 0.3) is 0 Å². The van der Waals surface area contributed by atoms with E-state index < -0.39 is 0 Å². The van der Waals surface area contributed by atoms with Crippen molar-refractivity contribution >= 4 is 22.9 Å². The Hall–Kier alpha value is -0.0500. The summed E-state index contributed by atoms with van der Waals surface area (Å²) in [5.74, 6) is 2.95. The van der Waals surface area contributed by atoms with Crippen LogP contribution in [0.25, 0.3) is 0 Å². The van der Waals surface area contributed by atoms with E-state index in [1.807, 2.05) is 6.07 Å². The molecule has 2 saturated carbocycles. The number of nitrogens with one attached hydrogen (secondary N) is 1. The minimum absolute atomic E-state index is 0.642. The predicted molar refractivity (Wildman–Crippen MR) is 74.6 cm³/mol. The van der Waals surface area contributed by atoms with E-state index in [0.29, 0.717) is 6.04 Å². The highest BCUT2D eigenvalue weighted by Crippen LogP contribution is 2.49. The van der Waals surface area contributed by atoms with Crippen molar-refractivity contribution in [1.82, 2.24) is 5.32 Å². The summed E-state index contributed by atoms with van der Waals surface area (Å²) in [7, 11) is 0. The molecule has 0 saturated heterocycles. The minimum Gasteiger partial charge on any atom is -0.309 e. The lowest BCUT2D eigenvalue weighted by atomic mass is 9.84. The van der Waals surface area contributed by atoms with Crippen LogP contribution in [0.5, 0.6) is 0 Å². The second-order valence-corrected chi connectivity index (χ2v) is 7.11. The van der Waals surface area contributed by atoms with Crippen molar-refractivity contribution in [3.05, 3.63) is 21.3 Å². The van der Waals surface area contributed by atoms with E-state index in [4.69, 9.17) is 11.6 Å². The van der Waals surface area contributed by atoms with Crippen LogP contribution in [0.3, 0.4) is 0 Å².